The van der Waals surface area contributed by atoms with Crippen LogP contribution in [0.1, 0.15) is 52.1 Å². The van der Waals surface area contributed by atoms with Crippen LogP contribution in [-0.4, -0.2) is 79.0 Å². The van der Waals surface area contributed by atoms with Crippen LogP contribution >= 0.6 is 0 Å². The fourth-order valence-corrected chi connectivity index (χ4v) is 5.69. The molecular formula is C31H35F3N6O3. The average molecular weight is 597 g/mol. The number of alkyl halides is 2. The van der Waals surface area contributed by atoms with Crippen LogP contribution in [0.4, 0.5) is 24.8 Å². The molecular weight excluding hydrogens is 561 g/mol. The molecule has 9 nitrogen and oxygen atoms in total. The summed E-state index contributed by atoms with van der Waals surface area (Å²) in [5.74, 6) is -3.71. The van der Waals surface area contributed by atoms with Gasteiger partial charge >= 0.3 is 0 Å². The molecule has 4 heterocycles. The molecule has 3 aromatic rings. The molecule has 2 aliphatic rings. The molecule has 0 saturated carbocycles. The van der Waals surface area contributed by atoms with Gasteiger partial charge in [-0.15, -0.1) is 0 Å². The van der Waals surface area contributed by atoms with E-state index in [2.05, 4.69) is 20.2 Å². The molecule has 1 N–H and O–H groups in total. The third-order valence-corrected chi connectivity index (χ3v) is 8.04. The van der Waals surface area contributed by atoms with Crippen molar-refractivity contribution >= 4 is 23.5 Å². The van der Waals surface area contributed by atoms with Crippen LogP contribution in [0.3, 0.4) is 0 Å². The number of nitrogens with zero attached hydrogens (tertiary/aromatic N) is 5. The van der Waals surface area contributed by atoms with Crippen molar-refractivity contribution in [2.75, 3.05) is 56.2 Å². The van der Waals surface area contributed by atoms with Gasteiger partial charge in [0.25, 0.3) is 17.7 Å². The molecule has 228 valence electrons. The van der Waals surface area contributed by atoms with Crippen molar-refractivity contribution < 1.29 is 27.5 Å². The number of anilines is 2. The van der Waals surface area contributed by atoms with Gasteiger partial charge in [0.05, 0.1) is 37.0 Å². The van der Waals surface area contributed by atoms with E-state index in [0.29, 0.717) is 29.8 Å². The van der Waals surface area contributed by atoms with Crippen molar-refractivity contribution in [3.63, 3.8) is 0 Å². The fourth-order valence-electron chi connectivity index (χ4n) is 5.69. The van der Waals surface area contributed by atoms with Crippen LogP contribution in [0.15, 0.2) is 36.5 Å². The van der Waals surface area contributed by atoms with Crippen molar-refractivity contribution in [3.8, 4) is 17.0 Å². The minimum atomic E-state index is -2.93. The smallest absolute Gasteiger partial charge is 0.266 e. The highest BCUT2D eigenvalue weighted by atomic mass is 19.3. The van der Waals surface area contributed by atoms with Crippen LogP contribution in [0.2, 0.25) is 0 Å². The van der Waals surface area contributed by atoms with E-state index in [9.17, 15) is 18.4 Å². The predicted molar refractivity (Wildman–Crippen MR) is 158 cm³/mol. The number of pyridine rings is 2. The number of methoxy groups -OCH3 is 1. The predicted octanol–water partition coefficient (Wildman–Crippen LogP) is 4.68. The van der Waals surface area contributed by atoms with Gasteiger partial charge in [-0.05, 0) is 49.8 Å². The Kier molecular flexibility index (Phi) is 8.59. The maximum absolute atomic E-state index is 15.0. The summed E-state index contributed by atoms with van der Waals surface area (Å²) < 4.78 is 49.1. The molecule has 0 radical (unpaired) electrons. The highest BCUT2D eigenvalue weighted by molar-refractivity contribution is 6.11. The van der Waals surface area contributed by atoms with Gasteiger partial charge in [-0.2, -0.15) is 0 Å². The summed E-state index contributed by atoms with van der Waals surface area (Å²) in [5, 5.41) is 2.91. The number of carbonyl (C=O) groups is 2. The zero-order valence-electron chi connectivity index (χ0n) is 24.7. The number of aryl methyl sites for hydroxylation is 1. The van der Waals surface area contributed by atoms with E-state index in [0.717, 1.165) is 13.1 Å². The summed E-state index contributed by atoms with van der Waals surface area (Å²) in [6.45, 7) is 7.92. The molecule has 1 fully saturated rings. The van der Waals surface area contributed by atoms with Crippen molar-refractivity contribution in [3.05, 3.63) is 64.6 Å². The molecule has 12 heteroatoms. The summed E-state index contributed by atoms with van der Waals surface area (Å²) >= 11 is 0. The molecule has 0 aliphatic carbocycles. The highest BCUT2D eigenvalue weighted by Crippen LogP contribution is 2.40. The zero-order chi connectivity index (χ0) is 30.9. The van der Waals surface area contributed by atoms with Crippen LogP contribution < -0.4 is 19.9 Å². The molecule has 1 saturated heterocycles. The van der Waals surface area contributed by atoms with Crippen LogP contribution in [0.25, 0.3) is 11.3 Å². The second kappa shape index (κ2) is 12.2. The van der Waals surface area contributed by atoms with Crippen molar-refractivity contribution in [1.29, 1.82) is 0 Å². The summed E-state index contributed by atoms with van der Waals surface area (Å²) in [7, 11) is 1.43. The van der Waals surface area contributed by atoms with E-state index in [1.54, 1.807) is 25.1 Å². The number of fused-ring (bicyclic) bond motifs is 1. The largest absolute Gasteiger partial charge is 0.496 e. The Bertz CT molecular complexity index is 1550. The van der Waals surface area contributed by atoms with Gasteiger partial charge in [0.2, 0.25) is 0 Å². The first-order valence-electron chi connectivity index (χ1n) is 14.4. The Hall–Kier alpha value is -4.19. The minimum absolute atomic E-state index is 0.0118. The van der Waals surface area contributed by atoms with Gasteiger partial charge in [-0.3, -0.25) is 19.5 Å². The number of aromatic nitrogens is 2. The quantitative estimate of drug-likeness (QED) is 0.364. The molecule has 2 aliphatic heterocycles. The summed E-state index contributed by atoms with van der Waals surface area (Å²) in [6, 6.07) is 7.60. The SMILES string of the molecule is CCN(CC)CCNC(=O)c1c(C)cc(N2Cc3c(ccnc3-c3c(F)cccc3OC)C2=O)nc1N1CCC(F)(F)C1. The number of hydrogen-bond donors (Lipinski definition) is 1. The first-order valence-corrected chi connectivity index (χ1v) is 14.4. The number of nitrogens with one attached hydrogen (secondary N) is 1. The molecule has 0 spiro atoms. The molecule has 2 aromatic heterocycles. The maximum Gasteiger partial charge on any atom is 0.266 e. The van der Waals surface area contributed by atoms with Crippen LogP contribution in [0, 0.1) is 12.7 Å². The van der Waals surface area contributed by atoms with Crippen LogP contribution in [-0.2, 0) is 6.54 Å². The van der Waals surface area contributed by atoms with Gasteiger partial charge in [0, 0.05) is 43.4 Å². The van der Waals surface area contributed by atoms with Gasteiger partial charge in [-0.25, -0.2) is 18.2 Å². The van der Waals surface area contributed by atoms with E-state index >= 15 is 4.39 Å². The summed E-state index contributed by atoms with van der Waals surface area (Å²) in [4.78, 5) is 41.1. The number of halogens is 3. The van der Waals surface area contributed by atoms with Crippen molar-refractivity contribution in [2.45, 2.75) is 39.7 Å². The molecule has 0 atom stereocenters. The molecule has 0 unspecified atom stereocenters. The Morgan fingerprint density at radius 2 is 1.98 bits per heavy atom. The van der Waals surface area contributed by atoms with E-state index < -0.39 is 30.1 Å². The lowest BCUT2D eigenvalue weighted by Gasteiger charge is -2.25. The second-order valence-corrected chi connectivity index (χ2v) is 10.7. The standard InChI is InChI=1S/C31H35F3N6O3/c1-5-38(6-2)15-13-36-29(41)25-19(3)16-24(37-28(25)39-14-11-31(33,34)18-39)40-17-21-20(30(40)42)10-12-35-27(21)26-22(32)8-7-9-23(26)43-4/h7-10,12,16H,5-6,11,13-15,17-18H2,1-4H3,(H,36,41). The van der Waals surface area contributed by atoms with Gasteiger partial charge in [0.15, 0.2) is 0 Å². The number of hydrogen-bond acceptors (Lipinski definition) is 7. The third-order valence-electron chi connectivity index (χ3n) is 8.04. The van der Waals surface area contributed by atoms with Crippen molar-refractivity contribution in [1.82, 2.24) is 20.2 Å². The van der Waals surface area contributed by atoms with Crippen LogP contribution in [0.5, 0.6) is 5.75 Å². The Balaban J connectivity index is 1.52. The molecule has 43 heavy (non-hydrogen) atoms. The van der Waals surface area contributed by atoms with Gasteiger partial charge in [0.1, 0.15) is 23.2 Å². The molecule has 0 bridgehead atoms. The van der Waals surface area contributed by atoms with Gasteiger partial charge < -0.3 is 19.9 Å². The lowest BCUT2D eigenvalue weighted by molar-refractivity contribution is 0.0256. The molecule has 2 amide bonds. The minimum Gasteiger partial charge on any atom is -0.496 e. The number of benzene rings is 1. The zero-order valence-corrected chi connectivity index (χ0v) is 24.7. The Labute approximate surface area is 248 Å². The summed E-state index contributed by atoms with van der Waals surface area (Å²) in [5.41, 5.74) is 1.91. The topological polar surface area (TPSA) is 90.9 Å². The number of ether oxygens (including phenoxy) is 1. The number of rotatable bonds is 10. The first kappa shape index (κ1) is 30.3. The lowest BCUT2D eigenvalue weighted by Crippen LogP contribution is -2.36. The second-order valence-electron chi connectivity index (χ2n) is 10.7. The number of carbonyl (C=O) groups excluding carboxylic acids is 2. The Morgan fingerprint density at radius 1 is 1.21 bits per heavy atom. The van der Waals surface area contributed by atoms with E-state index in [-0.39, 0.29) is 53.7 Å². The maximum atomic E-state index is 15.0. The average Bonchev–Trinajstić information content (AvgIpc) is 3.53. The number of amides is 2. The Morgan fingerprint density at radius 3 is 2.65 bits per heavy atom. The fraction of sp³-hybridized carbons (Fsp3) is 0.419. The highest BCUT2D eigenvalue weighted by Gasteiger charge is 2.41. The van der Waals surface area contributed by atoms with E-state index in [1.807, 2.05) is 13.8 Å². The third kappa shape index (κ3) is 5.88. The normalized spacial score (nSPS) is 15.8. The monoisotopic (exact) mass is 596 g/mol. The van der Waals surface area contributed by atoms with Gasteiger partial charge in [-0.1, -0.05) is 19.9 Å². The molecule has 5 rings (SSSR count). The van der Waals surface area contributed by atoms with Crippen molar-refractivity contribution in [2.24, 2.45) is 0 Å². The lowest BCUT2D eigenvalue weighted by atomic mass is 10.0. The van der Waals surface area contributed by atoms with E-state index in [1.165, 1.54) is 35.2 Å². The first-order chi connectivity index (χ1) is 20.6. The number of likely N-dealkylation sites (N-methyl/N-ethyl adjacent to an activating group) is 1. The summed E-state index contributed by atoms with van der Waals surface area (Å²) in [6.07, 6.45) is 1.07. The van der Waals surface area contributed by atoms with E-state index in [4.69, 9.17) is 4.74 Å². The molecule has 1 aromatic carbocycles.